The van der Waals surface area contributed by atoms with E-state index < -0.39 is 11.7 Å². The number of H-pyrrole nitrogens is 2. The third-order valence-corrected chi connectivity index (χ3v) is 5.64. The van der Waals surface area contributed by atoms with Crippen LogP contribution in [0.4, 0.5) is 13.2 Å². The maximum atomic E-state index is 12.8. The van der Waals surface area contributed by atoms with Crippen molar-refractivity contribution < 1.29 is 13.2 Å². The summed E-state index contributed by atoms with van der Waals surface area (Å²) in [6.45, 7) is 3.47. The molecule has 29 heavy (non-hydrogen) atoms. The molecular formula is C21H18BrF3N2O2. The fourth-order valence-corrected chi connectivity index (χ4v) is 3.51. The lowest BCUT2D eigenvalue weighted by molar-refractivity contribution is -0.137. The van der Waals surface area contributed by atoms with Crippen LogP contribution in [0, 0.1) is 13.8 Å². The van der Waals surface area contributed by atoms with Gasteiger partial charge in [0.15, 0.2) is 5.43 Å². The third-order valence-electron chi connectivity index (χ3n) is 4.68. The van der Waals surface area contributed by atoms with Crippen LogP contribution in [-0.4, -0.2) is 9.97 Å². The molecule has 4 nitrogen and oxygen atoms in total. The van der Waals surface area contributed by atoms with E-state index in [1.165, 1.54) is 18.3 Å². The first-order valence-electron chi connectivity index (χ1n) is 8.85. The van der Waals surface area contributed by atoms with Gasteiger partial charge in [-0.1, -0.05) is 18.2 Å². The van der Waals surface area contributed by atoms with Crippen molar-refractivity contribution in [1.82, 2.24) is 9.97 Å². The maximum Gasteiger partial charge on any atom is 0.416 e. The molecule has 0 fully saturated rings. The summed E-state index contributed by atoms with van der Waals surface area (Å²) in [5, 5.41) is 0. The number of aromatic nitrogens is 2. The lowest BCUT2D eigenvalue weighted by Crippen LogP contribution is -2.17. The smallest absolute Gasteiger partial charge is 0.364 e. The SMILES string of the molecule is Cc1[nH]c(C)c(-c2c[nH]c(CCc3cccc(C(F)(F)F)c3)cc2=O)c(=O)c1Br. The van der Waals surface area contributed by atoms with Crippen LogP contribution >= 0.6 is 15.9 Å². The highest BCUT2D eigenvalue weighted by atomic mass is 79.9. The van der Waals surface area contributed by atoms with Gasteiger partial charge in [0, 0.05) is 29.3 Å². The zero-order valence-corrected chi connectivity index (χ0v) is 17.3. The summed E-state index contributed by atoms with van der Waals surface area (Å²) in [4.78, 5) is 31.2. The topological polar surface area (TPSA) is 65.7 Å². The monoisotopic (exact) mass is 466 g/mol. The van der Waals surface area contributed by atoms with E-state index in [9.17, 15) is 22.8 Å². The summed E-state index contributed by atoms with van der Waals surface area (Å²) in [5.74, 6) is 0. The predicted octanol–water partition coefficient (Wildman–Crippen LogP) is 4.91. The highest BCUT2D eigenvalue weighted by Crippen LogP contribution is 2.29. The van der Waals surface area contributed by atoms with Gasteiger partial charge in [0.1, 0.15) is 0 Å². The number of halogens is 4. The molecule has 0 saturated carbocycles. The Morgan fingerprint density at radius 2 is 1.76 bits per heavy atom. The molecule has 152 valence electrons. The Kier molecular flexibility index (Phi) is 5.84. The first kappa shape index (κ1) is 21.1. The van der Waals surface area contributed by atoms with Gasteiger partial charge in [-0.15, -0.1) is 0 Å². The molecule has 0 aliphatic carbocycles. The fraction of sp³-hybridized carbons (Fsp3) is 0.238. The van der Waals surface area contributed by atoms with E-state index in [0.29, 0.717) is 40.0 Å². The summed E-state index contributed by atoms with van der Waals surface area (Å²) in [6, 6.07) is 6.51. The quantitative estimate of drug-likeness (QED) is 0.573. The Bertz CT molecular complexity index is 1180. The minimum atomic E-state index is -4.39. The van der Waals surface area contributed by atoms with Gasteiger partial charge < -0.3 is 9.97 Å². The number of pyridine rings is 2. The summed E-state index contributed by atoms with van der Waals surface area (Å²) in [5.41, 5.74) is 1.59. The molecule has 8 heteroatoms. The second-order valence-electron chi connectivity index (χ2n) is 6.83. The minimum absolute atomic E-state index is 0.243. The predicted molar refractivity (Wildman–Crippen MR) is 109 cm³/mol. The first-order valence-corrected chi connectivity index (χ1v) is 9.64. The average Bonchev–Trinajstić information content (AvgIpc) is 2.65. The Morgan fingerprint density at radius 1 is 1.03 bits per heavy atom. The van der Waals surface area contributed by atoms with Crippen LogP contribution in [0.15, 0.2) is 50.6 Å². The van der Waals surface area contributed by atoms with Crippen LogP contribution in [-0.2, 0) is 19.0 Å². The van der Waals surface area contributed by atoms with Gasteiger partial charge in [0.25, 0.3) is 0 Å². The lowest BCUT2D eigenvalue weighted by atomic mass is 10.0. The van der Waals surface area contributed by atoms with Crippen LogP contribution in [0.2, 0.25) is 0 Å². The van der Waals surface area contributed by atoms with Crippen molar-refractivity contribution >= 4 is 15.9 Å². The summed E-state index contributed by atoms with van der Waals surface area (Å²) < 4.78 is 38.9. The van der Waals surface area contributed by atoms with Crippen molar-refractivity contribution in [3.63, 3.8) is 0 Å². The Morgan fingerprint density at radius 3 is 2.41 bits per heavy atom. The molecule has 0 radical (unpaired) electrons. The number of aromatic amines is 2. The van der Waals surface area contributed by atoms with Gasteiger partial charge in [-0.05, 0) is 54.2 Å². The van der Waals surface area contributed by atoms with Gasteiger partial charge in [-0.2, -0.15) is 13.2 Å². The standard InChI is InChI=1S/C21H18BrF3N2O2/c1-11-18(20(29)19(22)12(2)27-11)16-10-26-15(9-17(16)28)7-6-13-4-3-5-14(8-13)21(23,24)25/h3-5,8-10H,6-7H2,1-2H3,(H,26,28)(H,27,29). The third kappa shape index (κ3) is 4.53. The van der Waals surface area contributed by atoms with Crippen molar-refractivity contribution in [2.75, 3.05) is 0 Å². The van der Waals surface area contributed by atoms with E-state index in [4.69, 9.17) is 0 Å². The van der Waals surface area contributed by atoms with Crippen LogP contribution < -0.4 is 10.9 Å². The number of aryl methyl sites for hydroxylation is 4. The average molecular weight is 467 g/mol. The van der Waals surface area contributed by atoms with Crippen LogP contribution in [0.5, 0.6) is 0 Å². The molecule has 0 amide bonds. The van der Waals surface area contributed by atoms with E-state index in [1.807, 2.05) is 0 Å². The summed E-state index contributed by atoms with van der Waals surface area (Å²) >= 11 is 3.23. The van der Waals surface area contributed by atoms with E-state index in [1.54, 1.807) is 19.9 Å². The summed E-state index contributed by atoms with van der Waals surface area (Å²) in [7, 11) is 0. The Labute approximate surface area is 172 Å². The largest absolute Gasteiger partial charge is 0.416 e. The molecule has 0 unspecified atom stereocenters. The first-order chi connectivity index (χ1) is 13.6. The maximum absolute atomic E-state index is 12.8. The van der Waals surface area contributed by atoms with E-state index in [-0.39, 0.29) is 22.0 Å². The molecule has 3 rings (SSSR count). The second-order valence-corrected chi connectivity index (χ2v) is 7.62. The Balaban J connectivity index is 1.86. The zero-order chi connectivity index (χ0) is 21.3. The van der Waals surface area contributed by atoms with Crippen molar-refractivity contribution in [2.45, 2.75) is 32.9 Å². The van der Waals surface area contributed by atoms with Crippen LogP contribution in [0.3, 0.4) is 0 Å². The van der Waals surface area contributed by atoms with Gasteiger partial charge in [-0.25, -0.2) is 0 Å². The molecule has 0 spiro atoms. The number of hydrogen-bond acceptors (Lipinski definition) is 2. The number of benzene rings is 1. The molecule has 2 N–H and O–H groups in total. The van der Waals surface area contributed by atoms with Gasteiger partial charge in [0.05, 0.1) is 21.2 Å². The number of alkyl halides is 3. The van der Waals surface area contributed by atoms with Crippen LogP contribution in [0.1, 0.15) is 28.2 Å². The summed E-state index contributed by atoms with van der Waals surface area (Å²) in [6.07, 6.45) is -2.21. The normalized spacial score (nSPS) is 11.7. The van der Waals surface area contributed by atoms with E-state index in [2.05, 4.69) is 25.9 Å². The molecule has 0 bridgehead atoms. The van der Waals surface area contributed by atoms with Gasteiger partial charge in [-0.3, -0.25) is 9.59 Å². The van der Waals surface area contributed by atoms with E-state index in [0.717, 1.165) is 12.1 Å². The zero-order valence-electron chi connectivity index (χ0n) is 15.7. The molecule has 2 heterocycles. The number of nitrogens with one attached hydrogen (secondary N) is 2. The molecule has 0 aliphatic heterocycles. The molecule has 3 aromatic rings. The molecule has 1 aromatic carbocycles. The highest BCUT2D eigenvalue weighted by molar-refractivity contribution is 9.10. The van der Waals surface area contributed by atoms with Gasteiger partial charge >= 0.3 is 6.18 Å². The lowest BCUT2D eigenvalue weighted by Gasteiger charge is -2.10. The number of rotatable bonds is 4. The molecule has 2 aromatic heterocycles. The van der Waals surface area contributed by atoms with E-state index >= 15 is 0 Å². The van der Waals surface area contributed by atoms with Crippen molar-refractivity contribution in [3.05, 3.63) is 89.7 Å². The molecule has 0 aliphatic rings. The van der Waals surface area contributed by atoms with Crippen molar-refractivity contribution in [1.29, 1.82) is 0 Å². The van der Waals surface area contributed by atoms with Crippen molar-refractivity contribution in [2.24, 2.45) is 0 Å². The van der Waals surface area contributed by atoms with Gasteiger partial charge in [0.2, 0.25) is 5.43 Å². The second kappa shape index (κ2) is 8.02. The number of hydrogen-bond donors (Lipinski definition) is 2. The molecular weight excluding hydrogens is 449 g/mol. The molecule has 0 atom stereocenters. The minimum Gasteiger partial charge on any atom is -0.364 e. The van der Waals surface area contributed by atoms with Crippen LogP contribution in [0.25, 0.3) is 11.1 Å². The highest BCUT2D eigenvalue weighted by Gasteiger charge is 2.30. The fourth-order valence-electron chi connectivity index (χ4n) is 3.21. The van der Waals surface area contributed by atoms with Crippen molar-refractivity contribution in [3.8, 4) is 11.1 Å². The molecule has 0 saturated heterocycles. The Hall–Kier alpha value is -2.61.